The molecule has 2 aromatic rings. The van der Waals surface area contributed by atoms with E-state index in [-0.39, 0.29) is 18.2 Å². The Morgan fingerprint density at radius 1 is 0.966 bits per heavy atom. The Bertz CT molecular complexity index is 820. The highest BCUT2D eigenvalue weighted by atomic mass is 16.7. The van der Waals surface area contributed by atoms with Crippen LogP contribution in [0.4, 0.5) is 17.1 Å². The first-order valence-corrected chi connectivity index (χ1v) is 10.1. The first-order chi connectivity index (χ1) is 14.3. The number of nitrogens with one attached hydrogen (secondary N) is 1. The minimum Gasteiger partial charge on any atom is -0.349 e. The molecule has 152 valence electrons. The summed E-state index contributed by atoms with van der Waals surface area (Å²) in [6.07, 6.45) is 3.03. The first-order valence-electron chi connectivity index (χ1n) is 10.1. The van der Waals surface area contributed by atoms with Gasteiger partial charge in [-0.25, -0.2) is 0 Å². The van der Waals surface area contributed by atoms with Crippen LogP contribution in [0, 0.1) is 0 Å². The van der Waals surface area contributed by atoms with Gasteiger partial charge in [-0.3, -0.25) is 9.69 Å². The molecule has 2 saturated heterocycles. The molecule has 7 heteroatoms. The van der Waals surface area contributed by atoms with Crippen molar-refractivity contribution in [3.63, 3.8) is 0 Å². The lowest BCUT2D eigenvalue weighted by Crippen LogP contribution is -2.50. The Balaban J connectivity index is 1.31. The zero-order valence-electron chi connectivity index (χ0n) is 16.4. The predicted molar refractivity (Wildman–Crippen MR) is 111 cm³/mol. The van der Waals surface area contributed by atoms with E-state index in [0.29, 0.717) is 19.8 Å². The Morgan fingerprint density at radius 2 is 1.66 bits per heavy atom. The third-order valence-corrected chi connectivity index (χ3v) is 5.16. The van der Waals surface area contributed by atoms with Gasteiger partial charge in [0.2, 0.25) is 5.91 Å². The van der Waals surface area contributed by atoms with Gasteiger partial charge in [-0.2, -0.15) is 10.2 Å². The number of anilines is 1. The average molecular weight is 394 g/mol. The van der Waals surface area contributed by atoms with Crippen molar-refractivity contribution in [1.29, 1.82) is 0 Å². The highest BCUT2D eigenvalue weighted by Gasteiger charge is 2.34. The number of hydrogen-bond acceptors (Lipinski definition) is 6. The standard InChI is InChI=1S/C22H26N4O3/c27-21(16-26-13-5-4-8-20(26)22-28-14-15-29-22)23-17-9-11-19(12-10-17)25-24-18-6-2-1-3-7-18/h1-3,6-7,9-12,20,22H,4-5,8,13-16H2,(H,23,27). The number of ether oxygens (including phenoxy) is 2. The molecule has 7 nitrogen and oxygen atoms in total. The van der Waals surface area contributed by atoms with Crippen LogP contribution in [0.2, 0.25) is 0 Å². The molecule has 0 radical (unpaired) electrons. The number of benzene rings is 2. The van der Waals surface area contributed by atoms with E-state index in [4.69, 9.17) is 9.47 Å². The van der Waals surface area contributed by atoms with Crippen molar-refractivity contribution in [2.75, 3.05) is 31.6 Å². The molecule has 0 bridgehead atoms. The van der Waals surface area contributed by atoms with Gasteiger partial charge in [0.1, 0.15) is 0 Å². The minimum absolute atomic E-state index is 0.0337. The summed E-state index contributed by atoms with van der Waals surface area (Å²) in [5, 5.41) is 11.4. The third kappa shape index (κ3) is 5.47. The summed E-state index contributed by atoms with van der Waals surface area (Å²) in [4.78, 5) is 14.7. The monoisotopic (exact) mass is 394 g/mol. The lowest BCUT2D eigenvalue weighted by molar-refractivity contribution is -0.127. The normalized spacial score (nSPS) is 20.9. The lowest BCUT2D eigenvalue weighted by atomic mass is 10.0. The Morgan fingerprint density at radius 3 is 2.38 bits per heavy atom. The molecule has 2 aliphatic heterocycles. The van der Waals surface area contributed by atoms with Crippen molar-refractivity contribution >= 4 is 23.0 Å². The number of rotatable bonds is 6. The molecule has 0 aliphatic carbocycles. The van der Waals surface area contributed by atoms with Crippen molar-refractivity contribution < 1.29 is 14.3 Å². The fraction of sp³-hybridized carbons (Fsp3) is 0.409. The summed E-state index contributed by atoms with van der Waals surface area (Å²) in [5.41, 5.74) is 2.28. The molecule has 29 heavy (non-hydrogen) atoms. The number of carbonyl (C=O) groups excluding carboxylic acids is 1. The molecule has 1 N–H and O–H groups in total. The number of azo groups is 1. The molecule has 2 fully saturated rings. The lowest BCUT2D eigenvalue weighted by Gasteiger charge is -2.37. The van der Waals surface area contributed by atoms with E-state index in [0.717, 1.165) is 42.9 Å². The molecule has 0 saturated carbocycles. The number of likely N-dealkylation sites (tertiary alicyclic amines) is 1. The van der Waals surface area contributed by atoms with E-state index in [1.165, 1.54) is 0 Å². The van der Waals surface area contributed by atoms with E-state index in [1.54, 1.807) is 0 Å². The second-order valence-corrected chi connectivity index (χ2v) is 7.27. The number of piperidine rings is 1. The molecule has 0 spiro atoms. The summed E-state index contributed by atoms with van der Waals surface area (Å²) < 4.78 is 11.4. The van der Waals surface area contributed by atoms with E-state index in [1.807, 2.05) is 54.6 Å². The maximum Gasteiger partial charge on any atom is 0.238 e. The molecular formula is C22H26N4O3. The smallest absolute Gasteiger partial charge is 0.238 e. The van der Waals surface area contributed by atoms with Gasteiger partial charge in [0.25, 0.3) is 0 Å². The fourth-order valence-corrected chi connectivity index (χ4v) is 3.73. The number of hydrogen-bond donors (Lipinski definition) is 1. The van der Waals surface area contributed by atoms with Crippen LogP contribution >= 0.6 is 0 Å². The Labute approximate surface area is 170 Å². The van der Waals surface area contributed by atoms with E-state index >= 15 is 0 Å². The largest absolute Gasteiger partial charge is 0.349 e. The van der Waals surface area contributed by atoms with Crippen LogP contribution in [0.5, 0.6) is 0 Å². The van der Waals surface area contributed by atoms with Crippen LogP contribution in [0.1, 0.15) is 19.3 Å². The van der Waals surface area contributed by atoms with Crippen molar-refractivity contribution in [1.82, 2.24) is 4.90 Å². The van der Waals surface area contributed by atoms with Gasteiger partial charge in [0.15, 0.2) is 6.29 Å². The van der Waals surface area contributed by atoms with Gasteiger partial charge in [-0.05, 0) is 55.8 Å². The summed E-state index contributed by atoms with van der Waals surface area (Å²) in [6, 6.07) is 17.1. The van der Waals surface area contributed by atoms with Gasteiger partial charge >= 0.3 is 0 Å². The van der Waals surface area contributed by atoms with Crippen molar-refractivity contribution in [2.24, 2.45) is 10.2 Å². The molecule has 1 atom stereocenters. The second-order valence-electron chi connectivity index (χ2n) is 7.27. The fourth-order valence-electron chi connectivity index (χ4n) is 3.73. The quantitative estimate of drug-likeness (QED) is 0.743. The Kier molecular flexibility index (Phi) is 6.61. The molecular weight excluding hydrogens is 368 g/mol. The molecule has 2 aromatic carbocycles. The van der Waals surface area contributed by atoms with Crippen LogP contribution in [-0.4, -0.2) is 49.4 Å². The van der Waals surface area contributed by atoms with E-state index in [2.05, 4.69) is 20.4 Å². The zero-order valence-corrected chi connectivity index (χ0v) is 16.4. The van der Waals surface area contributed by atoms with E-state index < -0.39 is 0 Å². The van der Waals surface area contributed by atoms with Gasteiger partial charge in [-0.1, -0.05) is 24.6 Å². The van der Waals surface area contributed by atoms with Crippen LogP contribution in [-0.2, 0) is 14.3 Å². The van der Waals surface area contributed by atoms with Gasteiger partial charge in [0.05, 0.1) is 37.2 Å². The third-order valence-electron chi connectivity index (χ3n) is 5.16. The highest BCUT2D eigenvalue weighted by Crippen LogP contribution is 2.24. The molecule has 1 amide bonds. The predicted octanol–water partition coefficient (Wildman–Crippen LogP) is 4.27. The number of carbonyl (C=O) groups is 1. The highest BCUT2D eigenvalue weighted by molar-refractivity contribution is 5.92. The van der Waals surface area contributed by atoms with Crippen molar-refractivity contribution in [3.8, 4) is 0 Å². The van der Waals surface area contributed by atoms with Gasteiger partial charge < -0.3 is 14.8 Å². The van der Waals surface area contributed by atoms with Crippen LogP contribution < -0.4 is 5.32 Å². The van der Waals surface area contributed by atoms with Gasteiger partial charge in [0, 0.05) is 5.69 Å². The van der Waals surface area contributed by atoms with Crippen LogP contribution in [0.25, 0.3) is 0 Å². The summed E-state index contributed by atoms with van der Waals surface area (Å²) in [7, 11) is 0. The summed E-state index contributed by atoms with van der Waals surface area (Å²) in [5.74, 6) is -0.0337. The van der Waals surface area contributed by atoms with Gasteiger partial charge in [-0.15, -0.1) is 0 Å². The zero-order chi connectivity index (χ0) is 19.9. The first kappa shape index (κ1) is 19.7. The van der Waals surface area contributed by atoms with Crippen molar-refractivity contribution in [3.05, 3.63) is 54.6 Å². The average Bonchev–Trinajstić information content (AvgIpc) is 3.29. The second kappa shape index (κ2) is 9.73. The van der Waals surface area contributed by atoms with Crippen LogP contribution in [0.15, 0.2) is 64.8 Å². The number of nitrogens with zero attached hydrogens (tertiary/aromatic N) is 3. The maximum absolute atomic E-state index is 12.6. The maximum atomic E-state index is 12.6. The molecule has 0 aromatic heterocycles. The number of amides is 1. The van der Waals surface area contributed by atoms with Crippen LogP contribution in [0.3, 0.4) is 0 Å². The molecule has 4 rings (SSSR count). The Hall–Kier alpha value is -2.61. The van der Waals surface area contributed by atoms with E-state index in [9.17, 15) is 4.79 Å². The molecule has 1 unspecified atom stereocenters. The summed E-state index contributed by atoms with van der Waals surface area (Å²) >= 11 is 0. The minimum atomic E-state index is -0.211. The molecule has 2 heterocycles. The SMILES string of the molecule is O=C(CN1CCCCC1C1OCCO1)Nc1ccc(N=Nc2ccccc2)cc1. The molecule has 2 aliphatic rings. The van der Waals surface area contributed by atoms with Crippen molar-refractivity contribution in [2.45, 2.75) is 31.6 Å². The summed E-state index contributed by atoms with van der Waals surface area (Å²) in [6.45, 7) is 2.49. The topological polar surface area (TPSA) is 75.5 Å².